The Labute approximate surface area is 138 Å². The summed E-state index contributed by atoms with van der Waals surface area (Å²) in [5.74, 6) is 0.679. The van der Waals surface area contributed by atoms with Gasteiger partial charge in [-0.1, -0.05) is 44.7 Å². The number of hydrogen-bond donors (Lipinski definition) is 2. The number of hydrogen-bond acceptors (Lipinski definition) is 3. The molecule has 0 heterocycles. The Bertz CT molecular complexity index is 460. The number of rotatable bonds is 9. The number of ether oxygens (including phenoxy) is 1. The quantitative estimate of drug-likeness (QED) is 0.541. The molecule has 0 spiro atoms. The van der Waals surface area contributed by atoms with Gasteiger partial charge in [0.05, 0.1) is 13.5 Å². The second kappa shape index (κ2) is 11.0. The molecule has 1 aromatic carbocycles. The molecular weight excluding hydrogens is 296 g/mol. The highest BCUT2D eigenvalue weighted by Gasteiger charge is 2.05. The molecule has 5 heteroatoms. The lowest BCUT2D eigenvalue weighted by Gasteiger charge is -2.09. The lowest BCUT2D eigenvalue weighted by Crippen LogP contribution is -2.40. The van der Waals surface area contributed by atoms with Crippen molar-refractivity contribution in [1.82, 2.24) is 10.6 Å². The average molecular weight is 322 g/mol. The fraction of sp³-hybridized carbons (Fsp3) is 0.529. The summed E-state index contributed by atoms with van der Waals surface area (Å²) in [6.45, 7) is 3.01. The number of amides is 1. The molecule has 1 rings (SSSR count). The first-order chi connectivity index (χ1) is 10.7. The third-order valence-electron chi connectivity index (χ3n) is 3.34. The SMILES string of the molecule is CCCCCCCNC(=S)NC(=O)Cc1ccc(OC)cc1. The fourth-order valence-corrected chi connectivity index (χ4v) is 2.29. The van der Waals surface area contributed by atoms with Crippen LogP contribution in [-0.4, -0.2) is 24.7 Å². The molecule has 0 aliphatic carbocycles. The number of thiocarbonyl (C=S) groups is 1. The Morgan fingerprint density at radius 2 is 1.82 bits per heavy atom. The fourth-order valence-electron chi connectivity index (χ4n) is 2.07. The third-order valence-corrected chi connectivity index (χ3v) is 3.59. The maximum Gasteiger partial charge on any atom is 0.230 e. The smallest absolute Gasteiger partial charge is 0.230 e. The molecule has 122 valence electrons. The van der Waals surface area contributed by atoms with Gasteiger partial charge in [-0.05, 0) is 36.3 Å². The number of unbranched alkanes of at least 4 members (excludes halogenated alkanes) is 4. The van der Waals surface area contributed by atoms with Crippen molar-refractivity contribution in [3.63, 3.8) is 0 Å². The number of carbonyl (C=O) groups excluding carboxylic acids is 1. The van der Waals surface area contributed by atoms with Crippen LogP contribution in [0.15, 0.2) is 24.3 Å². The lowest BCUT2D eigenvalue weighted by molar-refractivity contribution is -0.119. The summed E-state index contributed by atoms with van der Waals surface area (Å²) in [5.41, 5.74) is 0.931. The Balaban J connectivity index is 2.19. The van der Waals surface area contributed by atoms with E-state index in [1.807, 2.05) is 24.3 Å². The van der Waals surface area contributed by atoms with Gasteiger partial charge in [-0.3, -0.25) is 4.79 Å². The predicted molar refractivity (Wildman–Crippen MR) is 94.2 cm³/mol. The van der Waals surface area contributed by atoms with Gasteiger partial charge in [0.2, 0.25) is 5.91 Å². The zero-order valence-electron chi connectivity index (χ0n) is 13.5. The minimum atomic E-state index is -0.103. The van der Waals surface area contributed by atoms with E-state index in [-0.39, 0.29) is 5.91 Å². The van der Waals surface area contributed by atoms with Crippen LogP contribution in [0.25, 0.3) is 0 Å². The highest BCUT2D eigenvalue weighted by molar-refractivity contribution is 7.80. The molecule has 0 aliphatic rings. The van der Waals surface area contributed by atoms with Crippen molar-refractivity contribution in [1.29, 1.82) is 0 Å². The zero-order valence-corrected chi connectivity index (χ0v) is 14.3. The number of methoxy groups -OCH3 is 1. The van der Waals surface area contributed by atoms with E-state index in [0.717, 1.165) is 24.3 Å². The molecule has 2 N–H and O–H groups in total. The van der Waals surface area contributed by atoms with Gasteiger partial charge in [0.25, 0.3) is 0 Å². The van der Waals surface area contributed by atoms with Gasteiger partial charge in [0.1, 0.15) is 5.75 Å². The Morgan fingerprint density at radius 1 is 1.14 bits per heavy atom. The number of carbonyl (C=O) groups is 1. The van der Waals surface area contributed by atoms with Crippen molar-refractivity contribution >= 4 is 23.2 Å². The maximum absolute atomic E-state index is 11.9. The van der Waals surface area contributed by atoms with Crippen LogP contribution >= 0.6 is 12.2 Å². The van der Waals surface area contributed by atoms with Crippen molar-refractivity contribution in [2.75, 3.05) is 13.7 Å². The monoisotopic (exact) mass is 322 g/mol. The summed E-state index contributed by atoms with van der Waals surface area (Å²) >= 11 is 5.12. The van der Waals surface area contributed by atoms with E-state index in [2.05, 4.69) is 17.6 Å². The Kier molecular flexibility index (Phi) is 9.23. The molecule has 0 saturated carbocycles. The third kappa shape index (κ3) is 7.98. The van der Waals surface area contributed by atoms with Crippen LogP contribution in [0, 0.1) is 0 Å². The van der Waals surface area contributed by atoms with Gasteiger partial charge in [-0.2, -0.15) is 0 Å². The molecule has 0 saturated heterocycles. The van der Waals surface area contributed by atoms with Gasteiger partial charge in [-0.25, -0.2) is 0 Å². The summed E-state index contributed by atoms with van der Waals surface area (Å²) in [4.78, 5) is 11.9. The van der Waals surface area contributed by atoms with Crippen molar-refractivity contribution in [2.45, 2.75) is 45.4 Å². The van der Waals surface area contributed by atoms with Crippen LogP contribution in [0.1, 0.15) is 44.6 Å². The molecule has 0 atom stereocenters. The van der Waals surface area contributed by atoms with E-state index in [9.17, 15) is 4.79 Å². The van der Waals surface area contributed by atoms with Crippen LogP contribution in [0.3, 0.4) is 0 Å². The minimum absolute atomic E-state index is 0.103. The van der Waals surface area contributed by atoms with Crippen LogP contribution < -0.4 is 15.4 Å². The van der Waals surface area contributed by atoms with Crippen LogP contribution in [-0.2, 0) is 11.2 Å². The molecule has 0 aromatic heterocycles. The van der Waals surface area contributed by atoms with E-state index in [1.54, 1.807) is 7.11 Å². The van der Waals surface area contributed by atoms with E-state index in [4.69, 9.17) is 17.0 Å². The average Bonchev–Trinajstić information content (AvgIpc) is 2.51. The molecule has 0 radical (unpaired) electrons. The van der Waals surface area contributed by atoms with E-state index >= 15 is 0 Å². The van der Waals surface area contributed by atoms with Crippen LogP contribution in [0.5, 0.6) is 5.75 Å². The summed E-state index contributed by atoms with van der Waals surface area (Å²) in [6.07, 6.45) is 6.37. The first-order valence-corrected chi connectivity index (χ1v) is 8.27. The van der Waals surface area contributed by atoms with Crippen molar-refractivity contribution in [3.8, 4) is 5.75 Å². The molecular formula is C17H26N2O2S. The number of benzene rings is 1. The topological polar surface area (TPSA) is 50.4 Å². The second-order valence-corrected chi connectivity index (χ2v) is 5.65. The van der Waals surface area contributed by atoms with Crippen molar-refractivity contribution < 1.29 is 9.53 Å². The second-order valence-electron chi connectivity index (χ2n) is 5.24. The van der Waals surface area contributed by atoms with Gasteiger partial charge in [-0.15, -0.1) is 0 Å². The van der Waals surface area contributed by atoms with Gasteiger partial charge < -0.3 is 15.4 Å². The van der Waals surface area contributed by atoms with Crippen LogP contribution in [0.2, 0.25) is 0 Å². The molecule has 0 bridgehead atoms. The molecule has 1 amide bonds. The molecule has 1 aromatic rings. The lowest BCUT2D eigenvalue weighted by atomic mass is 10.1. The van der Waals surface area contributed by atoms with E-state index < -0.39 is 0 Å². The van der Waals surface area contributed by atoms with Crippen LogP contribution in [0.4, 0.5) is 0 Å². The first-order valence-electron chi connectivity index (χ1n) is 7.86. The number of nitrogens with one attached hydrogen (secondary N) is 2. The predicted octanol–water partition coefficient (Wildman–Crippen LogP) is 3.20. The summed E-state index contributed by atoms with van der Waals surface area (Å²) in [6, 6.07) is 7.44. The van der Waals surface area contributed by atoms with E-state index in [0.29, 0.717) is 11.5 Å². The normalized spacial score (nSPS) is 10.1. The van der Waals surface area contributed by atoms with Gasteiger partial charge >= 0.3 is 0 Å². The summed E-state index contributed by atoms with van der Waals surface area (Å²) in [7, 11) is 1.62. The molecule has 0 fully saturated rings. The molecule has 4 nitrogen and oxygen atoms in total. The molecule has 22 heavy (non-hydrogen) atoms. The summed E-state index contributed by atoms with van der Waals surface area (Å²) in [5, 5.41) is 6.19. The minimum Gasteiger partial charge on any atom is -0.497 e. The summed E-state index contributed by atoms with van der Waals surface area (Å²) < 4.78 is 5.09. The Morgan fingerprint density at radius 3 is 2.45 bits per heavy atom. The van der Waals surface area contributed by atoms with Gasteiger partial charge in [0.15, 0.2) is 5.11 Å². The van der Waals surface area contributed by atoms with E-state index in [1.165, 1.54) is 25.7 Å². The highest BCUT2D eigenvalue weighted by atomic mass is 32.1. The molecule has 0 aliphatic heterocycles. The van der Waals surface area contributed by atoms with Crippen molar-refractivity contribution in [3.05, 3.63) is 29.8 Å². The maximum atomic E-state index is 11.9. The largest absolute Gasteiger partial charge is 0.497 e. The standard InChI is InChI=1S/C17H26N2O2S/c1-3-4-5-6-7-12-18-17(22)19-16(20)13-14-8-10-15(21-2)11-9-14/h8-11H,3-7,12-13H2,1-2H3,(H2,18,19,20,22). The first kappa shape index (κ1) is 18.4. The van der Waals surface area contributed by atoms with Crippen molar-refractivity contribution in [2.24, 2.45) is 0 Å². The van der Waals surface area contributed by atoms with Gasteiger partial charge in [0, 0.05) is 6.54 Å². The Hall–Kier alpha value is -1.62. The molecule has 0 unspecified atom stereocenters. The highest BCUT2D eigenvalue weighted by Crippen LogP contribution is 2.11. The zero-order chi connectivity index (χ0) is 16.2.